The summed E-state index contributed by atoms with van der Waals surface area (Å²) in [6.07, 6.45) is 5.19. The molecule has 1 aliphatic carbocycles. The molecule has 254 valence electrons. The molecule has 2 aliphatic heterocycles. The number of fused-ring (bicyclic) bond motifs is 2. The van der Waals surface area contributed by atoms with E-state index in [0.717, 1.165) is 62.5 Å². The first-order chi connectivity index (χ1) is 24.4. The minimum Gasteiger partial charge on any atom is -0.392 e. The number of nitrogen functional groups attached to an aromatic ring is 1. The van der Waals surface area contributed by atoms with Gasteiger partial charge in [-0.3, -0.25) is 14.3 Å². The maximum Gasteiger partial charge on any atom is 0.267 e. The van der Waals surface area contributed by atoms with Crippen molar-refractivity contribution in [2.24, 2.45) is 0 Å². The van der Waals surface area contributed by atoms with Gasteiger partial charge in [0.1, 0.15) is 17.3 Å². The molecule has 9 rings (SSSR count). The Balaban J connectivity index is 1.06. The van der Waals surface area contributed by atoms with E-state index in [-0.39, 0.29) is 17.2 Å². The number of rotatable bonds is 7. The van der Waals surface area contributed by atoms with Gasteiger partial charge in [-0.25, -0.2) is 14.4 Å². The zero-order valence-corrected chi connectivity index (χ0v) is 27.6. The van der Waals surface area contributed by atoms with E-state index < -0.39 is 18.0 Å². The van der Waals surface area contributed by atoms with Crippen LogP contribution in [0.25, 0.3) is 50.1 Å². The molecular formula is C38H37FN8O3. The summed E-state index contributed by atoms with van der Waals surface area (Å²) in [4.78, 5) is 35.7. The van der Waals surface area contributed by atoms with Gasteiger partial charge in [-0.1, -0.05) is 18.2 Å². The molecule has 0 amide bonds. The Morgan fingerprint density at radius 2 is 1.88 bits per heavy atom. The Hall–Kier alpha value is -5.17. The fourth-order valence-corrected chi connectivity index (χ4v) is 7.59. The van der Waals surface area contributed by atoms with Gasteiger partial charge in [0.25, 0.3) is 5.56 Å². The Bertz CT molecular complexity index is 2330. The number of aliphatic hydroxyl groups is 1. The summed E-state index contributed by atoms with van der Waals surface area (Å²) < 4.78 is 22.0. The van der Waals surface area contributed by atoms with Crippen LogP contribution < -0.4 is 16.2 Å². The van der Waals surface area contributed by atoms with Gasteiger partial charge in [0.2, 0.25) is 5.95 Å². The normalized spacial score (nSPS) is 18.6. The second-order valence-electron chi connectivity index (χ2n) is 13.7. The number of halogens is 1. The van der Waals surface area contributed by atoms with Crippen LogP contribution in [0.1, 0.15) is 36.8 Å². The van der Waals surface area contributed by atoms with Crippen molar-refractivity contribution < 1.29 is 14.2 Å². The van der Waals surface area contributed by atoms with Crippen molar-refractivity contribution in [2.75, 3.05) is 43.5 Å². The number of hydrogen-bond donors (Lipinski definition) is 3. The van der Waals surface area contributed by atoms with Crippen molar-refractivity contribution in [3.8, 4) is 28.3 Å². The molecule has 3 fully saturated rings. The average Bonchev–Trinajstić information content (AvgIpc) is 3.86. The number of piperazine rings is 1. The van der Waals surface area contributed by atoms with E-state index in [4.69, 9.17) is 10.5 Å². The lowest BCUT2D eigenvalue weighted by Crippen LogP contribution is -2.59. The van der Waals surface area contributed by atoms with Crippen molar-refractivity contribution >= 4 is 33.4 Å². The summed E-state index contributed by atoms with van der Waals surface area (Å²) in [5.74, 6) is 0.0380. The largest absolute Gasteiger partial charge is 0.392 e. The van der Waals surface area contributed by atoms with Crippen molar-refractivity contribution in [2.45, 2.75) is 44.4 Å². The Morgan fingerprint density at radius 3 is 2.60 bits per heavy atom. The number of ether oxygens (including phenoxy) is 1. The molecule has 1 atom stereocenters. The molecule has 0 spiro atoms. The third kappa shape index (κ3) is 5.22. The number of nitrogens with two attached hydrogens (primary N) is 1. The number of hydrogen-bond acceptors (Lipinski definition) is 9. The third-order valence-corrected chi connectivity index (χ3v) is 10.5. The van der Waals surface area contributed by atoms with Gasteiger partial charge in [-0.15, -0.1) is 0 Å². The van der Waals surface area contributed by atoms with E-state index in [1.165, 1.54) is 16.3 Å². The Labute approximate surface area is 287 Å². The maximum absolute atomic E-state index is 15.3. The van der Waals surface area contributed by atoms with Crippen molar-refractivity contribution in [1.29, 1.82) is 0 Å². The number of pyridine rings is 2. The first-order valence-corrected chi connectivity index (χ1v) is 17.2. The summed E-state index contributed by atoms with van der Waals surface area (Å²) in [5, 5.41) is 11.9. The Kier molecular flexibility index (Phi) is 7.41. The molecule has 0 radical (unpaired) electrons. The molecule has 3 aliphatic rings. The molecule has 50 heavy (non-hydrogen) atoms. The van der Waals surface area contributed by atoms with Crippen LogP contribution in [0.15, 0.2) is 71.8 Å². The molecule has 2 saturated heterocycles. The van der Waals surface area contributed by atoms with Gasteiger partial charge in [-0.2, -0.15) is 4.98 Å². The molecule has 6 aromatic rings. The van der Waals surface area contributed by atoms with Crippen LogP contribution in [0.3, 0.4) is 0 Å². The van der Waals surface area contributed by atoms with Gasteiger partial charge in [0, 0.05) is 66.0 Å². The monoisotopic (exact) mass is 672 g/mol. The van der Waals surface area contributed by atoms with Crippen LogP contribution >= 0.6 is 0 Å². The van der Waals surface area contributed by atoms with Crippen molar-refractivity contribution in [1.82, 2.24) is 29.4 Å². The molecular weight excluding hydrogens is 635 g/mol. The quantitative estimate of drug-likeness (QED) is 0.214. The highest BCUT2D eigenvalue weighted by Crippen LogP contribution is 2.41. The minimum atomic E-state index is -0.555. The van der Waals surface area contributed by atoms with E-state index in [0.29, 0.717) is 51.2 Å². The predicted molar refractivity (Wildman–Crippen MR) is 191 cm³/mol. The molecule has 12 heteroatoms. The number of aromatic nitrogens is 5. The number of benzene rings is 2. The summed E-state index contributed by atoms with van der Waals surface area (Å²) >= 11 is 0. The number of H-pyrrole nitrogens is 1. The number of aromatic amines is 1. The zero-order valence-electron chi connectivity index (χ0n) is 27.6. The molecule has 0 bridgehead atoms. The van der Waals surface area contributed by atoms with E-state index in [9.17, 15) is 9.90 Å². The lowest BCUT2D eigenvalue weighted by atomic mass is 10.0. The number of aliphatic hydroxyl groups excluding tert-OH is 1. The van der Waals surface area contributed by atoms with Gasteiger partial charge < -0.3 is 25.5 Å². The molecule has 1 saturated carbocycles. The number of nitrogens with zero attached hydrogens (tertiary/aromatic N) is 6. The Morgan fingerprint density at radius 1 is 1.06 bits per heavy atom. The smallest absolute Gasteiger partial charge is 0.267 e. The van der Waals surface area contributed by atoms with Crippen LogP contribution in [0.5, 0.6) is 0 Å². The molecule has 4 N–H and O–H groups in total. The van der Waals surface area contributed by atoms with Crippen molar-refractivity contribution in [3.05, 3.63) is 94.3 Å². The SMILES string of the molecule is C[C@H]1CN(C2COC2)CCN1c1ccc(-c2cc3c(-c4ccnc(-n5ccc6cc(C7CC7)cc(F)c6c5=O)c4CO)nc(N)nc3[nH]2)cc1. The predicted octanol–water partition coefficient (Wildman–Crippen LogP) is 4.99. The third-order valence-electron chi connectivity index (χ3n) is 10.5. The van der Waals surface area contributed by atoms with Crippen LogP contribution in [-0.4, -0.2) is 79.4 Å². The fraction of sp³-hybridized carbons (Fsp3) is 0.316. The van der Waals surface area contributed by atoms with Gasteiger partial charge >= 0.3 is 0 Å². The minimum absolute atomic E-state index is 0.0107. The van der Waals surface area contributed by atoms with Crippen molar-refractivity contribution in [3.63, 3.8) is 0 Å². The molecule has 11 nitrogen and oxygen atoms in total. The van der Waals surface area contributed by atoms with Crippen LogP contribution in [0, 0.1) is 5.82 Å². The maximum atomic E-state index is 15.3. The van der Waals surface area contributed by atoms with E-state index in [1.807, 2.05) is 12.1 Å². The molecule has 0 unspecified atom stereocenters. The highest BCUT2D eigenvalue weighted by Gasteiger charge is 2.32. The zero-order chi connectivity index (χ0) is 34.1. The summed E-state index contributed by atoms with van der Waals surface area (Å²) in [6.45, 7) is 6.49. The second kappa shape index (κ2) is 12.0. The van der Waals surface area contributed by atoms with Gasteiger partial charge in [0.05, 0.1) is 36.9 Å². The fourth-order valence-electron chi connectivity index (χ4n) is 7.59. The molecule has 4 aromatic heterocycles. The second-order valence-corrected chi connectivity index (χ2v) is 13.7. The number of nitrogens with one attached hydrogen (secondary N) is 1. The van der Waals surface area contributed by atoms with E-state index >= 15 is 4.39 Å². The highest BCUT2D eigenvalue weighted by atomic mass is 19.1. The first kappa shape index (κ1) is 30.9. The average molecular weight is 673 g/mol. The first-order valence-electron chi connectivity index (χ1n) is 17.2. The topological polar surface area (TPSA) is 138 Å². The van der Waals surface area contributed by atoms with E-state index in [1.54, 1.807) is 24.5 Å². The summed E-state index contributed by atoms with van der Waals surface area (Å²) in [7, 11) is 0. The van der Waals surface area contributed by atoms with Gasteiger partial charge in [0.15, 0.2) is 0 Å². The molecule has 6 heterocycles. The highest BCUT2D eigenvalue weighted by molar-refractivity contribution is 5.96. The van der Waals surface area contributed by atoms with E-state index in [2.05, 4.69) is 60.9 Å². The van der Waals surface area contributed by atoms with Crippen LogP contribution in [-0.2, 0) is 11.3 Å². The van der Waals surface area contributed by atoms with Crippen LogP contribution in [0.2, 0.25) is 0 Å². The number of anilines is 2. The summed E-state index contributed by atoms with van der Waals surface area (Å²) in [5.41, 5.74) is 11.5. The lowest BCUT2D eigenvalue weighted by molar-refractivity contribution is -0.0691. The van der Waals surface area contributed by atoms with Crippen LogP contribution in [0.4, 0.5) is 16.0 Å². The van der Waals surface area contributed by atoms with Gasteiger partial charge in [-0.05, 0) is 78.6 Å². The lowest BCUT2D eigenvalue weighted by Gasteiger charge is -2.46. The summed E-state index contributed by atoms with van der Waals surface area (Å²) in [6, 6.07) is 18.2. The molecule has 2 aromatic carbocycles. The standard InChI is InChI=1S/C38H37FN8O3/c1-21-17-45(27-19-50-20-27)12-13-46(21)26-6-4-23(5-7-26)32-16-29-34(43-38(40)44-35(29)42-32)28-8-10-41-36(30(28)18-48)47-11-9-24-14-25(22-2-3-22)15-31(39)33(24)37(47)49/h4-11,14-16,21-22,27,48H,2-3,12-13,17-20H2,1H3,(H3,40,42,43,44)/t21-/m0/s1.